The molecule has 43 heavy (non-hydrogen) atoms. The maximum atomic E-state index is 13.8. The van der Waals surface area contributed by atoms with Crippen LogP contribution in [0.2, 0.25) is 0 Å². The maximum Gasteiger partial charge on any atom is 0.419 e. The van der Waals surface area contributed by atoms with Crippen molar-refractivity contribution in [2.75, 3.05) is 12.4 Å². The number of allylic oxidation sites excluding steroid dienone is 1. The van der Waals surface area contributed by atoms with Gasteiger partial charge in [0.1, 0.15) is 11.6 Å². The second-order valence-corrected chi connectivity index (χ2v) is 10.3. The number of alkyl halides is 6. The fourth-order valence-corrected chi connectivity index (χ4v) is 6.05. The molecule has 0 aliphatic heterocycles. The van der Waals surface area contributed by atoms with Gasteiger partial charge < -0.3 is 15.4 Å². The molecule has 2 amide bonds. The lowest BCUT2D eigenvalue weighted by Gasteiger charge is -2.30. The van der Waals surface area contributed by atoms with Gasteiger partial charge in [-0.2, -0.15) is 26.3 Å². The fourth-order valence-electron chi connectivity index (χ4n) is 6.05. The molecule has 3 aromatic rings. The van der Waals surface area contributed by atoms with Gasteiger partial charge >= 0.3 is 12.4 Å². The van der Waals surface area contributed by atoms with Gasteiger partial charge in [-0.3, -0.25) is 14.6 Å². The first kappa shape index (κ1) is 30.1. The number of carbonyl (C=O) groups is 2. The number of aromatic nitrogens is 1. The number of nitrogens with one attached hydrogen (secondary N) is 2. The summed E-state index contributed by atoms with van der Waals surface area (Å²) in [7, 11) is 1.34. The third-order valence-electron chi connectivity index (χ3n) is 7.81. The van der Waals surface area contributed by atoms with Gasteiger partial charge in [0, 0.05) is 41.7 Å². The minimum absolute atomic E-state index is 0.0560. The summed E-state index contributed by atoms with van der Waals surface area (Å²) in [6, 6.07) is 8.98. The van der Waals surface area contributed by atoms with Crippen molar-refractivity contribution in [1.82, 2.24) is 10.3 Å². The van der Waals surface area contributed by atoms with Gasteiger partial charge in [0.05, 0.1) is 24.2 Å². The Bertz CT molecular complexity index is 1570. The number of hydrogen-bond acceptors (Lipinski definition) is 4. The largest absolute Gasteiger partial charge is 0.496 e. The van der Waals surface area contributed by atoms with E-state index in [1.165, 1.54) is 13.2 Å². The number of methoxy groups -OCH3 is 1. The molecule has 4 atom stereocenters. The van der Waals surface area contributed by atoms with E-state index in [2.05, 4.69) is 15.6 Å². The van der Waals surface area contributed by atoms with Gasteiger partial charge in [-0.25, -0.2) is 4.39 Å². The number of rotatable bonds is 6. The van der Waals surface area contributed by atoms with Crippen LogP contribution in [0.3, 0.4) is 0 Å². The van der Waals surface area contributed by atoms with Gasteiger partial charge in [-0.1, -0.05) is 17.7 Å². The molecular formula is C30H24F7N3O3. The molecule has 2 N–H and O–H groups in total. The van der Waals surface area contributed by atoms with Gasteiger partial charge in [-0.15, -0.1) is 0 Å². The van der Waals surface area contributed by atoms with E-state index in [1.54, 1.807) is 36.7 Å². The van der Waals surface area contributed by atoms with Crippen LogP contribution in [0, 0.1) is 23.6 Å². The van der Waals surface area contributed by atoms with Crippen molar-refractivity contribution < 1.29 is 45.1 Å². The van der Waals surface area contributed by atoms with Crippen LogP contribution in [0.25, 0.3) is 11.1 Å². The van der Waals surface area contributed by atoms with Crippen LogP contribution in [0.5, 0.6) is 5.75 Å². The van der Waals surface area contributed by atoms with Crippen molar-refractivity contribution in [3.05, 3.63) is 89.5 Å². The number of ether oxygens (including phenoxy) is 1. The molecule has 1 heterocycles. The van der Waals surface area contributed by atoms with Crippen LogP contribution in [0.1, 0.15) is 28.8 Å². The monoisotopic (exact) mass is 607 g/mol. The highest BCUT2D eigenvalue weighted by atomic mass is 19.4. The first-order chi connectivity index (χ1) is 20.3. The highest BCUT2D eigenvalue weighted by Gasteiger charge is 2.55. The molecular weight excluding hydrogens is 583 g/mol. The summed E-state index contributed by atoms with van der Waals surface area (Å²) in [6.07, 6.45) is -6.01. The SMILES string of the molecule is COc1ccc(-c2cccnc2)cc1C(=O)N[C@H]1[C@@H](C(=O)Nc2ccc(F)c(C(F)(F)F)c2)[C@H]2CC[C@@H]1/C2=C\C(F)(F)F. The first-order valence-corrected chi connectivity index (χ1v) is 13.1. The van der Waals surface area contributed by atoms with Crippen molar-refractivity contribution in [1.29, 1.82) is 0 Å². The van der Waals surface area contributed by atoms with Crippen LogP contribution < -0.4 is 15.4 Å². The predicted octanol–water partition coefficient (Wildman–Crippen LogP) is 6.80. The Morgan fingerprint density at radius 1 is 0.977 bits per heavy atom. The number of fused-ring (bicyclic) bond motifs is 2. The van der Waals surface area contributed by atoms with Crippen molar-refractivity contribution in [2.24, 2.45) is 17.8 Å². The molecule has 0 spiro atoms. The van der Waals surface area contributed by atoms with Gasteiger partial charge in [-0.05, 0) is 60.7 Å². The molecule has 226 valence electrons. The Hall–Kier alpha value is -4.42. The van der Waals surface area contributed by atoms with Crippen LogP contribution in [-0.4, -0.2) is 36.1 Å². The van der Waals surface area contributed by atoms with E-state index in [-0.39, 0.29) is 35.8 Å². The Balaban J connectivity index is 1.48. The number of amides is 2. The predicted molar refractivity (Wildman–Crippen MR) is 141 cm³/mol. The van der Waals surface area contributed by atoms with E-state index in [1.807, 2.05) is 0 Å². The van der Waals surface area contributed by atoms with Crippen molar-refractivity contribution in [3.8, 4) is 16.9 Å². The summed E-state index contributed by atoms with van der Waals surface area (Å²) in [4.78, 5) is 31.1. The van der Waals surface area contributed by atoms with Gasteiger partial charge in [0.2, 0.25) is 5.91 Å². The van der Waals surface area contributed by atoms with E-state index in [0.717, 1.165) is 6.07 Å². The average molecular weight is 608 g/mol. The summed E-state index contributed by atoms with van der Waals surface area (Å²) in [5.41, 5.74) is -0.718. The lowest BCUT2D eigenvalue weighted by Crippen LogP contribution is -2.48. The van der Waals surface area contributed by atoms with Crippen LogP contribution in [0.15, 0.2) is 72.6 Å². The zero-order valence-corrected chi connectivity index (χ0v) is 22.4. The number of hydrogen-bond donors (Lipinski definition) is 2. The molecule has 0 radical (unpaired) electrons. The third-order valence-corrected chi connectivity index (χ3v) is 7.81. The van der Waals surface area contributed by atoms with E-state index >= 15 is 0 Å². The van der Waals surface area contributed by atoms with Crippen LogP contribution in [0.4, 0.5) is 36.4 Å². The summed E-state index contributed by atoms with van der Waals surface area (Å²) in [6.45, 7) is 0. The normalized spacial score (nSPS) is 22.5. The lowest BCUT2D eigenvalue weighted by molar-refractivity contribution is -0.140. The second kappa shape index (κ2) is 11.3. The Morgan fingerprint density at radius 3 is 2.37 bits per heavy atom. The van der Waals surface area contributed by atoms with Crippen molar-refractivity contribution >= 4 is 17.5 Å². The van der Waals surface area contributed by atoms with Gasteiger partial charge in [0.25, 0.3) is 5.91 Å². The number of halogens is 7. The fraction of sp³-hybridized carbons (Fsp3) is 0.300. The molecule has 13 heteroatoms. The van der Waals surface area contributed by atoms with E-state index in [9.17, 15) is 40.3 Å². The molecule has 0 saturated heterocycles. The number of carbonyl (C=O) groups excluding carboxylic acids is 2. The Labute approximate surface area is 241 Å². The highest BCUT2D eigenvalue weighted by molar-refractivity contribution is 6.00. The minimum Gasteiger partial charge on any atom is -0.496 e. The molecule has 2 fully saturated rings. The summed E-state index contributed by atoms with van der Waals surface area (Å²) in [5, 5.41) is 5.00. The molecule has 6 nitrogen and oxygen atoms in total. The molecule has 0 unspecified atom stereocenters. The molecule has 2 saturated carbocycles. The smallest absolute Gasteiger partial charge is 0.419 e. The number of nitrogens with zero attached hydrogens (tertiary/aromatic N) is 1. The molecule has 2 aromatic carbocycles. The molecule has 2 aliphatic rings. The van der Waals surface area contributed by atoms with Crippen LogP contribution in [-0.2, 0) is 11.0 Å². The second-order valence-electron chi connectivity index (χ2n) is 10.3. The molecule has 2 aliphatic carbocycles. The van der Waals surface area contributed by atoms with Crippen molar-refractivity contribution in [3.63, 3.8) is 0 Å². The molecule has 2 bridgehead atoms. The number of benzene rings is 2. The van der Waals surface area contributed by atoms with Crippen LogP contribution >= 0.6 is 0 Å². The topological polar surface area (TPSA) is 80.3 Å². The highest BCUT2D eigenvalue weighted by Crippen LogP contribution is 2.54. The van der Waals surface area contributed by atoms with E-state index in [4.69, 9.17) is 4.74 Å². The lowest BCUT2D eigenvalue weighted by atomic mass is 9.83. The average Bonchev–Trinajstić information content (AvgIpc) is 3.46. The van der Waals surface area contributed by atoms with E-state index in [0.29, 0.717) is 23.3 Å². The first-order valence-electron chi connectivity index (χ1n) is 13.1. The molecule has 1 aromatic heterocycles. The van der Waals surface area contributed by atoms with Gasteiger partial charge in [0.15, 0.2) is 0 Å². The third kappa shape index (κ3) is 6.20. The zero-order chi connectivity index (χ0) is 31.1. The minimum atomic E-state index is -5.04. The Kier molecular flexibility index (Phi) is 7.93. The standard InChI is InChI=1S/C30H24F7N3O3/c1-43-24-9-4-15(16-3-2-10-38-14-16)11-20(24)27(41)40-26-19-7-6-18(21(19)13-29(32,33)34)25(26)28(42)39-17-5-8-23(31)22(12-17)30(35,36)37/h2-5,8-14,18-19,25-26H,6-7H2,1H3,(H,39,42)(H,40,41)/b21-13-/t18-,19+,25-,26+/m0/s1. The summed E-state index contributed by atoms with van der Waals surface area (Å²) in [5.74, 6) is -6.02. The number of anilines is 1. The zero-order valence-electron chi connectivity index (χ0n) is 22.4. The summed E-state index contributed by atoms with van der Waals surface area (Å²) >= 11 is 0. The molecule has 5 rings (SSSR count). The maximum absolute atomic E-state index is 13.8. The van der Waals surface area contributed by atoms with E-state index < -0.39 is 65.0 Å². The quantitative estimate of drug-likeness (QED) is 0.239. The Morgan fingerprint density at radius 2 is 1.72 bits per heavy atom. The van der Waals surface area contributed by atoms with Crippen molar-refractivity contribution in [2.45, 2.75) is 31.2 Å². The summed E-state index contributed by atoms with van der Waals surface area (Å²) < 4.78 is 99.3. The number of pyridine rings is 1.